The second-order valence-corrected chi connectivity index (χ2v) is 6.79. The molecule has 1 atom stereocenters. The topological polar surface area (TPSA) is 75.1 Å². The first-order chi connectivity index (χ1) is 12.1. The number of nitrogens with zero attached hydrogens (tertiary/aromatic N) is 4. The van der Waals surface area contributed by atoms with Crippen molar-refractivity contribution in [1.29, 1.82) is 0 Å². The fourth-order valence-corrected chi connectivity index (χ4v) is 3.15. The van der Waals surface area contributed by atoms with Gasteiger partial charge in [-0.3, -0.25) is 9.69 Å². The van der Waals surface area contributed by atoms with E-state index in [9.17, 15) is 4.79 Å². The van der Waals surface area contributed by atoms with Crippen molar-refractivity contribution < 1.29 is 4.79 Å². The number of rotatable bonds is 7. The van der Waals surface area contributed by atoms with Crippen molar-refractivity contribution in [2.24, 2.45) is 5.92 Å². The first kappa shape index (κ1) is 17.4. The molecule has 0 aliphatic carbocycles. The number of anilines is 2. The maximum Gasteiger partial charge on any atom is 0.239 e. The normalized spacial score (nSPS) is 17.8. The highest BCUT2D eigenvalue weighted by Gasteiger charge is 2.24. The van der Waals surface area contributed by atoms with Crippen LogP contribution in [0, 0.1) is 5.92 Å². The van der Waals surface area contributed by atoms with Gasteiger partial charge in [-0.2, -0.15) is 5.10 Å². The third kappa shape index (κ3) is 4.79. The summed E-state index contributed by atoms with van der Waals surface area (Å²) in [4.78, 5) is 18.8. The molecule has 0 spiro atoms. The summed E-state index contributed by atoms with van der Waals surface area (Å²) < 4.78 is 1.82. The molecule has 1 unspecified atom stereocenters. The van der Waals surface area contributed by atoms with Crippen LogP contribution in [0.3, 0.4) is 0 Å². The lowest BCUT2D eigenvalue weighted by atomic mass is 10.1. The van der Waals surface area contributed by atoms with Gasteiger partial charge in [0.25, 0.3) is 0 Å². The highest BCUT2D eigenvalue weighted by atomic mass is 16.2. The van der Waals surface area contributed by atoms with Gasteiger partial charge in [0.2, 0.25) is 5.91 Å². The van der Waals surface area contributed by atoms with Crippen molar-refractivity contribution in [2.75, 3.05) is 36.8 Å². The molecular weight excluding hydrogens is 316 g/mol. The Bertz CT molecular complexity index is 684. The minimum Gasteiger partial charge on any atom is -0.370 e. The van der Waals surface area contributed by atoms with E-state index in [0.29, 0.717) is 12.5 Å². The Morgan fingerprint density at radius 2 is 2.20 bits per heavy atom. The van der Waals surface area contributed by atoms with Gasteiger partial charge >= 0.3 is 0 Å². The Labute approximate surface area is 148 Å². The Balaban J connectivity index is 1.43. The molecule has 0 bridgehead atoms. The van der Waals surface area contributed by atoms with Crippen LogP contribution in [0.2, 0.25) is 0 Å². The molecule has 0 aromatic carbocycles. The van der Waals surface area contributed by atoms with Crippen LogP contribution in [-0.2, 0) is 4.79 Å². The summed E-state index contributed by atoms with van der Waals surface area (Å²) in [7, 11) is 0. The van der Waals surface area contributed by atoms with E-state index >= 15 is 0 Å². The van der Waals surface area contributed by atoms with Crippen molar-refractivity contribution >= 4 is 17.5 Å². The van der Waals surface area contributed by atoms with Crippen LogP contribution in [0.4, 0.5) is 11.6 Å². The molecule has 1 fully saturated rings. The van der Waals surface area contributed by atoms with Gasteiger partial charge < -0.3 is 10.6 Å². The van der Waals surface area contributed by atoms with Crippen molar-refractivity contribution in [3.05, 3.63) is 36.7 Å². The summed E-state index contributed by atoms with van der Waals surface area (Å²) in [5.41, 5.74) is 0. The second-order valence-electron chi connectivity index (χ2n) is 6.79. The first-order valence-corrected chi connectivity index (χ1v) is 8.82. The zero-order chi connectivity index (χ0) is 17.6. The fourth-order valence-electron chi connectivity index (χ4n) is 3.15. The average Bonchev–Trinajstić information content (AvgIpc) is 3.23. The molecular formula is C18H26N6O. The molecule has 3 heterocycles. The largest absolute Gasteiger partial charge is 0.370 e. The molecule has 1 aliphatic rings. The number of nitrogens with one attached hydrogen (secondary N) is 2. The lowest BCUT2D eigenvalue weighted by Crippen LogP contribution is -2.32. The number of hydrogen-bond donors (Lipinski definition) is 2. The number of hydrogen-bond acceptors (Lipinski definition) is 5. The zero-order valence-electron chi connectivity index (χ0n) is 14.9. The molecule has 1 aliphatic heterocycles. The predicted octanol–water partition coefficient (Wildman–Crippen LogP) is 2.23. The van der Waals surface area contributed by atoms with Gasteiger partial charge in [0, 0.05) is 31.4 Å². The van der Waals surface area contributed by atoms with Crippen LogP contribution in [0.5, 0.6) is 0 Å². The molecule has 7 heteroatoms. The Kier molecular flexibility index (Phi) is 5.65. The van der Waals surface area contributed by atoms with E-state index in [1.807, 2.05) is 42.8 Å². The van der Waals surface area contributed by atoms with Crippen LogP contribution in [0.25, 0.3) is 0 Å². The molecule has 0 radical (unpaired) electrons. The lowest BCUT2D eigenvalue weighted by molar-refractivity contribution is -0.117. The monoisotopic (exact) mass is 342 g/mol. The van der Waals surface area contributed by atoms with Crippen LogP contribution in [-0.4, -0.2) is 51.8 Å². The summed E-state index contributed by atoms with van der Waals surface area (Å²) >= 11 is 0. The van der Waals surface area contributed by atoms with E-state index in [-0.39, 0.29) is 11.9 Å². The van der Waals surface area contributed by atoms with E-state index in [0.717, 1.165) is 37.7 Å². The van der Waals surface area contributed by atoms with Crippen molar-refractivity contribution in [3.63, 3.8) is 0 Å². The van der Waals surface area contributed by atoms with Gasteiger partial charge in [-0.25, -0.2) is 9.67 Å². The molecule has 2 aromatic heterocycles. The number of carbonyl (C=O) groups excluding carboxylic acids is 1. The summed E-state index contributed by atoms with van der Waals surface area (Å²) in [6.07, 6.45) is 4.59. The first-order valence-electron chi connectivity index (χ1n) is 8.82. The number of pyridine rings is 1. The second kappa shape index (κ2) is 8.11. The SMILES string of the molecule is CC(C)n1nccc1NC(=O)CN1CCC(CNc2ccccn2)C1. The van der Waals surface area contributed by atoms with Gasteiger partial charge in [-0.05, 0) is 44.9 Å². The van der Waals surface area contributed by atoms with Crippen LogP contribution in [0.15, 0.2) is 36.7 Å². The predicted molar refractivity (Wildman–Crippen MR) is 98.5 cm³/mol. The van der Waals surface area contributed by atoms with Crippen LogP contribution in [0.1, 0.15) is 26.3 Å². The summed E-state index contributed by atoms with van der Waals surface area (Å²) in [5, 5.41) is 10.6. The minimum atomic E-state index is 0.0146. The van der Waals surface area contributed by atoms with Crippen molar-refractivity contribution in [2.45, 2.75) is 26.3 Å². The molecule has 1 saturated heterocycles. The third-order valence-corrected chi connectivity index (χ3v) is 4.40. The molecule has 2 aromatic rings. The van der Waals surface area contributed by atoms with Crippen molar-refractivity contribution in [1.82, 2.24) is 19.7 Å². The molecule has 1 amide bonds. The summed E-state index contributed by atoms with van der Waals surface area (Å²) in [6.45, 7) is 7.27. The summed E-state index contributed by atoms with van der Waals surface area (Å²) in [6, 6.07) is 7.91. The maximum atomic E-state index is 12.3. The van der Waals surface area contributed by atoms with Crippen molar-refractivity contribution in [3.8, 4) is 0 Å². The number of likely N-dealkylation sites (tertiary alicyclic amines) is 1. The molecule has 0 saturated carbocycles. The Morgan fingerprint density at radius 3 is 2.96 bits per heavy atom. The Hall–Kier alpha value is -2.41. The van der Waals surface area contributed by atoms with Gasteiger partial charge in [0.05, 0.1) is 12.7 Å². The van der Waals surface area contributed by atoms with E-state index in [2.05, 4.69) is 25.6 Å². The molecule has 7 nitrogen and oxygen atoms in total. The molecule has 2 N–H and O–H groups in total. The Morgan fingerprint density at radius 1 is 1.32 bits per heavy atom. The van der Waals surface area contributed by atoms with E-state index in [4.69, 9.17) is 0 Å². The fraction of sp³-hybridized carbons (Fsp3) is 0.500. The van der Waals surface area contributed by atoms with Crippen LogP contribution >= 0.6 is 0 Å². The zero-order valence-corrected chi connectivity index (χ0v) is 14.9. The van der Waals surface area contributed by atoms with E-state index in [1.165, 1.54) is 0 Å². The maximum absolute atomic E-state index is 12.3. The quantitative estimate of drug-likeness (QED) is 0.807. The van der Waals surface area contributed by atoms with E-state index in [1.54, 1.807) is 12.4 Å². The average molecular weight is 342 g/mol. The van der Waals surface area contributed by atoms with Gasteiger partial charge in [0.1, 0.15) is 11.6 Å². The number of aromatic nitrogens is 3. The van der Waals surface area contributed by atoms with Gasteiger partial charge in [-0.1, -0.05) is 6.07 Å². The van der Waals surface area contributed by atoms with Gasteiger partial charge in [0.15, 0.2) is 0 Å². The smallest absolute Gasteiger partial charge is 0.239 e. The summed E-state index contributed by atoms with van der Waals surface area (Å²) in [5.74, 6) is 2.21. The highest BCUT2D eigenvalue weighted by molar-refractivity contribution is 5.91. The number of amides is 1. The van der Waals surface area contributed by atoms with Crippen LogP contribution < -0.4 is 10.6 Å². The van der Waals surface area contributed by atoms with E-state index < -0.39 is 0 Å². The number of carbonyl (C=O) groups is 1. The molecule has 3 rings (SSSR count). The van der Waals surface area contributed by atoms with Gasteiger partial charge in [-0.15, -0.1) is 0 Å². The lowest BCUT2D eigenvalue weighted by Gasteiger charge is -2.17. The molecule has 134 valence electrons. The minimum absolute atomic E-state index is 0.0146. The highest BCUT2D eigenvalue weighted by Crippen LogP contribution is 2.17. The standard InChI is InChI=1S/C18H26N6O/c1-14(2)24-17(6-9-21-24)22-18(25)13-23-10-7-15(12-23)11-20-16-5-3-4-8-19-16/h3-6,8-9,14-15H,7,10-13H2,1-2H3,(H,19,20)(H,22,25). The molecule has 25 heavy (non-hydrogen) atoms. The third-order valence-electron chi connectivity index (χ3n) is 4.40.